The van der Waals surface area contributed by atoms with Gasteiger partial charge in [-0.25, -0.2) is 0 Å². The number of hydrogen-bond acceptors (Lipinski definition) is 6. The first-order valence-electron chi connectivity index (χ1n) is 9.22. The summed E-state index contributed by atoms with van der Waals surface area (Å²) in [5, 5.41) is 13.9. The van der Waals surface area contributed by atoms with Gasteiger partial charge in [0, 0.05) is 12.1 Å². The van der Waals surface area contributed by atoms with Gasteiger partial charge < -0.3 is 19.5 Å². The standard InChI is InChI=1S/C21H26N2O6/c1-14(2)11-18(15-5-7-16(27-3)8-6-15)22-21(24)13-29-17-9-10-19(23(25)26)20(12-17)28-4/h5-10,12,14,18H,11,13H2,1-4H3,(H,22,24). The average Bonchev–Trinajstić information content (AvgIpc) is 2.71. The molecule has 0 aliphatic rings. The zero-order valence-corrected chi connectivity index (χ0v) is 17.0. The highest BCUT2D eigenvalue weighted by Gasteiger charge is 2.18. The largest absolute Gasteiger partial charge is 0.497 e. The Kier molecular flexibility index (Phi) is 7.82. The van der Waals surface area contributed by atoms with Crippen LogP contribution in [-0.4, -0.2) is 31.7 Å². The fraction of sp³-hybridized carbons (Fsp3) is 0.381. The third-order valence-corrected chi connectivity index (χ3v) is 4.28. The van der Waals surface area contributed by atoms with Gasteiger partial charge in [0.2, 0.25) is 5.75 Å². The van der Waals surface area contributed by atoms with Gasteiger partial charge in [-0.1, -0.05) is 26.0 Å². The molecule has 1 amide bonds. The van der Waals surface area contributed by atoms with Crippen LogP contribution in [0.3, 0.4) is 0 Å². The number of nitro benzene ring substituents is 1. The molecule has 1 unspecified atom stereocenters. The molecular weight excluding hydrogens is 376 g/mol. The molecule has 0 heterocycles. The van der Waals surface area contributed by atoms with Gasteiger partial charge in [0.05, 0.1) is 25.2 Å². The van der Waals surface area contributed by atoms with Crippen LogP contribution in [0.2, 0.25) is 0 Å². The maximum atomic E-state index is 12.4. The first kappa shape index (κ1) is 22.0. The van der Waals surface area contributed by atoms with Crippen molar-refractivity contribution in [1.29, 1.82) is 0 Å². The summed E-state index contributed by atoms with van der Waals surface area (Å²) in [5.74, 6) is 1.22. The molecule has 0 saturated carbocycles. The number of carbonyl (C=O) groups excluding carboxylic acids is 1. The van der Waals surface area contributed by atoms with E-state index in [9.17, 15) is 14.9 Å². The van der Waals surface area contributed by atoms with Gasteiger partial charge in [-0.2, -0.15) is 0 Å². The molecular formula is C21H26N2O6. The number of nitro groups is 1. The van der Waals surface area contributed by atoms with E-state index in [1.54, 1.807) is 7.11 Å². The minimum absolute atomic E-state index is 0.0730. The van der Waals surface area contributed by atoms with Gasteiger partial charge in [0.25, 0.3) is 5.91 Å². The minimum atomic E-state index is -0.541. The fourth-order valence-corrected chi connectivity index (χ4v) is 2.87. The Bertz CT molecular complexity index is 836. The molecule has 0 fully saturated rings. The van der Waals surface area contributed by atoms with Crippen LogP contribution in [-0.2, 0) is 4.79 Å². The lowest BCUT2D eigenvalue weighted by Crippen LogP contribution is -2.33. The second-order valence-corrected chi connectivity index (χ2v) is 6.90. The van der Waals surface area contributed by atoms with Crippen molar-refractivity contribution in [2.24, 2.45) is 5.92 Å². The molecule has 0 bridgehead atoms. The van der Waals surface area contributed by atoms with Crippen LogP contribution in [0.15, 0.2) is 42.5 Å². The van der Waals surface area contributed by atoms with E-state index in [1.807, 2.05) is 24.3 Å². The molecule has 156 valence electrons. The Balaban J connectivity index is 2.03. The van der Waals surface area contributed by atoms with E-state index in [0.29, 0.717) is 11.7 Å². The van der Waals surface area contributed by atoms with E-state index in [2.05, 4.69) is 19.2 Å². The Hall–Kier alpha value is -3.29. The molecule has 2 rings (SSSR count). The first-order valence-corrected chi connectivity index (χ1v) is 9.22. The highest BCUT2D eigenvalue weighted by Crippen LogP contribution is 2.30. The topological polar surface area (TPSA) is 99.9 Å². The van der Waals surface area contributed by atoms with Crippen molar-refractivity contribution in [3.8, 4) is 17.2 Å². The highest BCUT2D eigenvalue weighted by atomic mass is 16.6. The van der Waals surface area contributed by atoms with Crippen molar-refractivity contribution in [2.45, 2.75) is 26.3 Å². The van der Waals surface area contributed by atoms with E-state index in [4.69, 9.17) is 14.2 Å². The fourth-order valence-electron chi connectivity index (χ4n) is 2.87. The van der Waals surface area contributed by atoms with Gasteiger partial charge in [0.15, 0.2) is 6.61 Å². The third-order valence-electron chi connectivity index (χ3n) is 4.28. The smallest absolute Gasteiger partial charge is 0.311 e. The molecule has 0 spiro atoms. The van der Waals surface area contributed by atoms with E-state index in [-0.39, 0.29) is 30.0 Å². The van der Waals surface area contributed by atoms with Gasteiger partial charge in [0.1, 0.15) is 11.5 Å². The van der Waals surface area contributed by atoms with Crippen LogP contribution in [0.5, 0.6) is 17.2 Å². The first-order chi connectivity index (χ1) is 13.8. The number of rotatable bonds is 10. The number of nitrogens with one attached hydrogen (secondary N) is 1. The summed E-state index contributed by atoms with van der Waals surface area (Å²) in [7, 11) is 2.94. The number of nitrogens with zero attached hydrogens (tertiary/aromatic N) is 1. The molecule has 1 N–H and O–H groups in total. The van der Waals surface area contributed by atoms with Crippen molar-refractivity contribution in [1.82, 2.24) is 5.32 Å². The molecule has 2 aromatic rings. The number of methoxy groups -OCH3 is 2. The van der Waals surface area contributed by atoms with E-state index in [1.165, 1.54) is 25.3 Å². The van der Waals surface area contributed by atoms with Crippen molar-refractivity contribution in [3.05, 3.63) is 58.1 Å². The van der Waals surface area contributed by atoms with Crippen LogP contribution in [0.4, 0.5) is 5.69 Å². The number of benzene rings is 2. The Morgan fingerprint density at radius 1 is 1.07 bits per heavy atom. The molecule has 1 atom stereocenters. The minimum Gasteiger partial charge on any atom is -0.497 e. The second-order valence-electron chi connectivity index (χ2n) is 6.90. The van der Waals surface area contributed by atoms with Crippen LogP contribution in [0.25, 0.3) is 0 Å². The van der Waals surface area contributed by atoms with Crippen LogP contribution >= 0.6 is 0 Å². The lowest BCUT2D eigenvalue weighted by atomic mass is 9.97. The molecule has 0 aliphatic carbocycles. The number of carbonyl (C=O) groups is 1. The molecule has 29 heavy (non-hydrogen) atoms. The summed E-state index contributed by atoms with van der Waals surface area (Å²) >= 11 is 0. The number of amides is 1. The Labute approximate surface area is 169 Å². The zero-order valence-electron chi connectivity index (χ0n) is 17.0. The summed E-state index contributed by atoms with van der Waals surface area (Å²) in [4.78, 5) is 22.8. The van der Waals surface area contributed by atoms with Crippen LogP contribution < -0.4 is 19.5 Å². The average molecular weight is 402 g/mol. The van der Waals surface area contributed by atoms with Gasteiger partial charge in [-0.05, 0) is 36.1 Å². The number of hydrogen-bond donors (Lipinski definition) is 1. The lowest BCUT2D eigenvalue weighted by molar-refractivity contribution is -0.385. The second kappa shape index (κ2) is 10.3. The van der Waals surface area contributed by atoms with Gasteiger partial charge in [-0.3, -0.25) is 14.9 Å². The molecule has 0 aliphatic heterocycles. The molecule has 8 nitrogen and oxygen atoms in total. The molecule has 0 aromatic heterocycles. The zero-order chi connectivity index (χ0) is 21.4. The van der Waals surface area contributed by atoms with Crippen LogP contribution in [0.1, 0.15) is 31.9 Å². The van der Waals surface area contributed by atoms with Crippen LogP contribution in [0, 0.1) is 16.0 Å². The van der Waals surface area contributed by atoms with Crippen molar-refractivity contribution >= 4 is 11.6 Å². The molecule has 0 saturated heterocycles. The molecule has 8 heteroatoms. The highest BCUT2D eigenvalue weighted by molar-refractivity contribution is 5.78. The molecule has 2 aromatic carbocycles. The van der Waals surface area contributed by atoms with Gasteiger partial charge in [-0.15, -0.1) is 0 Å². The lowest BCUT2D eigenvalue weighted by Gasteiger charge is -2.21. The molecule has 0 radical (unpaired) electrons. The maximum Gasteiger partial charge on any atom is 0.311 e. The quantitative estimate of drug-likeness (QED) is 0.478. The predicted octanol–water partition coefficient (Wildman–Crippen LogP) is 3.89. The van der Waals surface area contributed by atoms with Gasteiger partial charge >= 0.3 is 5.69 Å². The van der Waals surface area contributed by atoms with Crippen molar-refractivity contribution in [2.75, 3.05) is 20.8 Å². The van der Waals surface area contributed by atoms with Crippen molar-refractivity contribution < 1.29 is 23.9 Å². The van der Waals surface area contributed by atoms with E-state index < -0.39 is 4.92 Å². The monoisotopic (exact) mass is 402 g/mol. The summed E-state index contributed by atoms with van der Waals surface area (Å²) in [6, 6.07) is 11.5. The normalized spacial score (nSPS) is 11.6. The Morgan fingerprint density at radius 3 is 2.28 bits per heavy atom. The SMILES string of the molecule is COc1ccc(C(CC(C)C)NC(=O)COc2ccc([N+](=O)[O-])c(OC)c2)cc1. The van der Waals surface area contributed by atoms with Crippen molar-refractivity contribution in [3.63, 3.8) is 0 Å². The summed E-state index contributed by atoms with van der Waals surface area (Å²) in [6.45, 7) is 3.95. The Morgan fingerprint density at radius 2 is 1.72 bits per heavy atom. The third kappa shape index (κ3) is 6.38. The summed E-state index contributed by atoms with van der Waals surface area (Å²) in [6.07, 6.45) is 0.767. The predicted molar refractivity (Wildman–Crippen MR) is 108 cm³/mol. The van der Waals surface area contributed by atoms with E-state index in [0.717, 1.165) is 17.7 Å². The number of ether oxygens (including phenoxy) is 3. The summed E-state index contributed by atoms with van der Waals surface area (Å²) < 4.78 is 15.7. The maximum absolute atomic E-state index is 12.4. The van der Waals surface area contributed by atoms with E-state index >= 15 is 0 Å². The summed E-state index contributed by atoms with van der Waals surface area (Å²) in [5.41, 5.74) is 0.811.